The third kappa shape index (κ3) is 7.78. The van der Waals surface area contributed by atoms with Crippen molar-refractivity contribution in [3.8, 4) is 5.75 Å². The Kier molecular flexibility index (Phi) is 10.8. The van der Waals surface area contributed by atoms with Crippen LogP contribution in [-0.4, -0.2) is 72.1 Å². The molecular formula is C20H31ClIN7O2. The molecule has 3 rings (SSSR count). The first-order chi connectivity index (χ1) is 14.6. The van der Waals surface area contributed by atoms with Gasteiger partial charge in [-0.2, -0.15) is 0 Å². The number of nitrogens with zero attached hydrogens (tertiary/aromatic N) is 5. The molecule has 0 bridgehead atoms. The van der Waals surface area contributed by atoms with E-state index in [0.29, 0.717) is 23.9 Å². The monoisotopic (exact) mass is 563 g/mol. The van der Waals surface area contributed by atoms with Gasteiger partial charge in [-0.3, -0.25) is 4.90 Å². The SMILES string of the molecule is COc1ccc(CN=C(NCCN2CCOCC2)NCc2nnc(C)n2C)cc1Cl.I. The molecule has 0 atom stereocenters. The second-order valence-corrected chi connectivity index (χ2v) is 7.50. The van der Waals surface area contributed by atoms with Crippen LogP contribution in [0, 0.1) is 6.92 Å². The van der Waals surface area contributed by atoms with Gasteiger partial charge < -0.3 is 24.7 Å². The Morgan fingerprint density at radius 3 is 2.68 bits per heavy atom. The Bertz CT molecular complexity index is 856. The summed E-state index contributed by atoms with van der Waals surface area (Å²) in [6.07, 6.45) is 0. The van der Waals surface area contributed by atoms with Crippen LogP contribution in [0.2, 0.25) is 5.02 Å². The van der Waals surface area contributed by atoms with Crippen LogP contribution in [0.4, 0.5) is 0 Å². The molecule has 0 radical (unpaired) electrons. The molecule has 9 nitrogen and oxygen atoms in total. The molecule has 1 aliphatic heterocycles. The standard InChI is InChI=1S/C20H30ClN7O2.HI/c1-15-25-26-19(27(15)2)14-24-20(22-6-7-28-8-10-30-11-9-28)23-13-16-4-5-18(29-3)17(21)12-16;/h4-5,12H,6-11,13-14H2,1-3H3,(H2,22,23,24);1H. The summed E-state index contributed by atoms with van der Waals surface area (Å²) in [6.45, 7) is 8.19. The van der Waals surface area contributed by atoms with Crippen molar-refractivity contribution in [1.29, 1.82) is 0 Å². The molecule has 1 aromatic carbocycles. The maximum absolute atomic E-state index is 6.24. The number of benzene rings is 1. The number of nitrogens with one attached hydrogen (secondary N) is 2. The predicted octanol–water partition coefficient (Wildman–Crippen LogP) is 1.97. The molecule has 2 aromatic rings. The van der Waals surface area contributed by atoms with Crippen molar-refractivity contribution in [3.05, 3.63) is 40.4 Å². The van der Waals surface area contributed by atoms with Gasteiger partial charge >= 0.3 is 0 Å². The molecule has 1 saturated heterocycles. The Hall–Kier alpha value is -1.63. The van der Waals surface area contributed by atoms with E-state index >= 15 is 0 Å². The maximum atomic E-state index is 6.24. The van der Waals surface area contributed by atoms with Crippen LogP contribution < -0.4 is 15.4 Å². The molecule has 2 heterocycles. The van der Waals surface area contributed by atoms with Gasteiger partial charge in [0.25, 0.3) is 0 Å². The number of methoxy groups -OCH3 is 1. The Morgan fingerprint density at radius 1 is 1.26 bits per heavy atom. The molecule has 1 aliphatic rings. The third-order valence-corrected chi connectivity index (χ3v) is 5.35. The maximum Gasteiger partial charge on any atom is 0.192 e. The second kappa shape index (κ2) is 13.0. The van der Waals surface area contributed by atoms with E-state index in [0.717, 1.165) is 62.6 Å². The molecule has 0 unspecified atom stereocenters. The lowest BCUT2D eigenvalue weighted by Crippen LogP contribution is -2.44. The van der Waals surface area contributed by atoms with Crippen LogP contribution in [0.25, 0.3) is 0 Å². The van der Waals surface area contributed by atoms with Gasteiger partial charge in [-0.1, -0.05) is 17.7 Å². The van der Waals surface area contributed by atoms with Crippen molar-refractivity contribution in [1.82, 2.24) is 30.3 Å². The first kappa shape index (κ1) is 25.6. The van der Waals surface area contributed by atoms with Gasteiger partial charge in [0.05, 0.1) is 38.4 Å². The molecule has 2 N–H and O–H groups in total. The minimum Gasteiger partial charge on any atom is -0.495 e. The van der Waals surface area contributed by atoms with Crippen molar-refractivity contribution in [3.63, 3.8) is 0 Å². The van der Waals surface area contributed by atoms with Gasteiger partial charge in [0.15, 0.2) is 11.8 Å². The smallest absolute Gasteiger partial charge is 0.192 e. The molecular weight excluding hydrogens is 533 g/mol. The topological polar surface area (TPSA) is 88.8 Å². The van der Waals surface area contributed by atoms with Crippen LogP contribution in [0.15, 0.2) is 23.2 Å². The van der Waals surface area contributed by atoms with Gasteiger partial charge in [-0.25, -0.2) is 4.99 Å². The highest BCUT2D eigenvalue weighted by atomic mass is 127. The molecule has 31 heavy (non-hydrogen) atoms. The lowest BCUT2D eigenvalue weighted by Gasteiger charge is -2.26. The van der Waals surface area contributed by atoms with Gasteiger partial charge in [0.1, 0.15) is 11.6 Å². The quantitative estimate of drug-likeness (QED) is 0.288. The number of morpholine rings is 1. The van der Waals surface area contributed by atoms with Crippen molar-refractivity contribution >= 4 is 41.5 Å². The van der Waals surface area contributed by atoms with E-state index in [2.05, 4.69) is 25.7 Å². The first-order valence-electron chi connectivity index (χ1n) is 10.1. The van der Waals surface area contributed by atoms with Crippen molar-refractivity contribution in [2.45, 2.75) is 20.0 Å². The summed E-state index contributed by atoms with van der Waals surface area (Å²) in [6, 6.07) is 5.70. The summed E-state index contributed by atoms with van der Waals surface area (Å²) < 4.78 is 12.6. The Morgan fingerprint density at radius 2 is 2.03 bits per heavy atom. The number of aromatic nitrogens is 3. The zero-order valence-corrected chi connectivity index (χ0v) is 21.3. The van der Waals surface area contributed by atoms with E-state index in [1.165, 1.54) is 0 Å². The number of ether oxygens (including phenoxy) is 2. The lowest BCUT2D eigenvalue weighted by molar-refractivity contribution is 0.0389. The summed E-state index contributed by atoms with van der Waals surface area (Å²) in [5.74, 6) is 3.10. The fraction of sp³-hybridized carbons (Fsp3) is 0.550. The van der Waals surface area contributed by atoms with Crippen LogP contribution in [0.5, 0.6) is 5.75 Å². The van der Waals surface area contributed by atoms with E-state index in [9.17, 15) is 0 Å². The molecule has 11 heteroatoms. The number of hydrogen-bond acceptors (Lipinski definition) is 6. The fourth-order valence-electron chi connectivity index (χ4n) is 3.08. The molecule has 0 spiro atoms. The van der Waals surface area contributed by atoms with E-state index in [4.69, 9.17) is 26.1 Å². The first-order valence-corrected chi connectivity index (χ1v) is 10.4. The zero-order chi connectivity index (χ0) is 21.3. The number of aryl methyl sites for hydroxylation is 1. The van der Waals surface area contributed by atoms with E-state index < -0.39 is 0 Å². The van der Waals surface area contributed by atoms with Crippen molar-refractivity contribution in [2.75, 3.05) is 46.5 Å². The Labute approximate surface area is 205 Å². The summed E-state index contributed by atoms with van der Waals surface area (Å²) in [7, 11) is 3.56. The molecule has 1 fully saturated rings. The zero-order valence-electron chi connectivity index (χ0n) is 18.2. The van der Waals surface area contributed by atoms with Crippen LogP contribution in [-0.2, 0) is 24.9 Å². The number of hydrogen-bond donors (Lipinski definition) is 2. The summed E-state index contributed by atoms with van der Waals surface area (Å²) in [4.78, 5) is 7.10. The highest BCUT2D eigenvalue weighted by molar-refractivity contribution is 14.0. The van der Waals surface area contributed by atoms with Crippen molar-refractivity contribution in [2.24, 2.45) is 12.0 Å². The summed E-state index contributed by atoms with van der Waals surface area (Å²) in [5, 5.41) is 15.6. The van der Waals surface area contributed by atoms with Gasteiger partial charge in [0.2, 0.25) is 0 Å². The van der Waals surface area contributed by atoms with Gasteiger partial charge in [-0.15, -0.1) is 34.2 Å². The minimum absolute atomic E-state index is 0. The van der Waals surface area contributed by atoms with Gasteiger partial charge in [0, 0.05) is 33.2 Å². The predicted molar refractivity (Wildman–Crippen MR) is 132 cm³/mol. The number of guanidine groups is 1. The molecule has 1 aromatic heterocycles. The van der Waals surface area contributed by atoms with Gasteiger partial charge in [-0.05, 0) is 24.6 Å². The molecule has 0 aliphatic carbocycles. The highest BCUT2D eigenvalue weighted by Crippen LogP contribution is 2.25. The second-order valence-electron chi connectivity index (χ2n) is 7.09. The summed E-state index contributed by atoms with van der Waals surface area (Å²) in [5.41, 5.74) is 1.00. The third-order valence-electron chi connectivity index (χ3n) is 5.06. The average Bonchev–Trinajstić information content (AvgIpc) is 3.08. The molecule has 172 valence electrons. The average molecular weight is 564 g/mol. The Balaban J connectivity index is 0.00000341. The molecule has 0 amide bonds. The highest BCUT2D eigenvalue weighted by Gasteiger charge is 2.11. The minimum atomic E-state index is 0. The number of rotatable bonds is 8. The summed E-state index contributed by atoms with van der Waals surface area (Å²) >= 11 is 6.24. The van der Waals surface area contributed by atoms with Crippen molar-refractivity contribution < 1.29 is 9.47 Å². The van der Waals surface area contributed by atoms with E-state index in [1.54, 1.807) is 7.11 Å². The normalized spacial score (nSPS) is 14.8. The van der Waals surface area contributed by atoms with Crippen LogP contribution in [0.1, 0.15) is 17.2 Å². The lowest BCUT2D eigenvalue weighted by atomic mass is 10.2. The number of aliphatic imine (C=N–C) groups is 1. The fourth-order valence-corrected chi connectivity index (χ4v) is 3.36. The van der Waals surface area contributed by atoms with E-state index in [1.807, 2.05) is 36.7 Å². The van der Waals surface area contributed by atoms with Crippen LogP contribution in [0.3, 0.4) is 0 Å². The number of halogens is 2. The largest absolute Gasteiger partial charge is 0.495 e. The van der Waals surface area contributed by atoms with E-state index in [-0.39, 0.29) is 24.0 Å². The van der Waals surface area contributed by atoms with Crippen LogP contribution >= 0.6 is 35.6 Å². The molecule has 0 saturated carbocycles.